The summed E-state index contributed by atoms with van der Waals surface area (Å²) >= 11 is 0. The van der Waals surface area contributed by atoms with Crippen LogP contribution in [0.15, 0.2) is 0 Å². The van der Waals surface area contributed by atoms with Crippen molar-refractivity contribution in [2.45, 2.75) is 59.0 Å². The van der Waals surface area contributed by atoms with Gasteiger partial charge in [0.05, 0.1) is 0 Å². The van der Waals surface area contributed by atoms with Gasteiger partial charge in [-0.3, -0.25) is 0 Å². The minimum atomic E-state index is 0.829. The minimum Gasteiger partial charge on any atom is -0.301 e. The summed E-state index contributed by atoms with van der Waals surface area (Å²) in [6.45, 7) is 8.59. The van der Waals surface area contributed by atoms with Crippen molar-refractivity contribution in [3.8, 4) is 0 Å². The molecule has 68 valence electrons. The van der Waals surface area contributed by atoms with E-state index >= 15 is 0 Å². The van der Waals surface area contributed by atoms with Crippen LogP contribution >= 0.6 is 0 Å². The van der Waals surface area contributed by atoms with Crippen molar-refractivity contribution >= 4 is 0 Å². The van der Waals surface area contributed by atoms with Crippen LogP contribution in [-0.4, -0.2) is 24.0 Å². The lowest BCUT2D eigenvalue weighted by molar-refractivity contribution is 0.248. The number of rotatable bonds is 1. The predicted octanol–water partition coefficient (Wildman–Crippen LogP) is 2.91. The number of nitrogens with zero attached hydrogens (tertiary/aromatic N) is 1. The highest BCUT2D eigenvalue weighted by molar-refractivity contribution is 4.80. The Labute approximate surface area is 71.8 Å². The third kappa shape index (κ3) is 2.82. The summed E-state index contributed by atoms with van der Waals surface area (Å²) in [4.78, 5) is 2.50. The van der Waals surface area contributed by atoms with E-state index in [0.717, 1.165) is 12.1 Å². The molecule has 0 aliphatic carbocycles. The van der Waals surface area contributed by atoms with Crippen LogP contribution < -0.4 is 0 Å². The van der Waals surface area contributed by atoms with Crippen molar-refractivity contribution in [2.24, 2.45) is 0 Å². The third-order valence-electron chi connectivity index (χ3n) is 2.66. The van der Waals surface area contributed by atoms with Gasteiger partial charge in [0.15, 0.2) is 0 Å². The van der Waals surface area contributed by atoms with Crippen LogP contribution in [0.25, 0.3) is 0 Å². The Hall–Kier alpha value is -0.0400. The fourth-order valence-electron chi connectivity index (χ4n) is 1.69. The summed E-state index contributed by atoms with van der Waals surface area (Å²) in [5.41, 5.74) is 0. The Morgan fingerprint density at radius 3 is 2.00 bits per heavy atom. The van der Waals surface area contributed by atoms with Gasteiger partial charge in [-0.15, -0.1) is 0 Å². The van der Waals surface area contributed by atoms with Crippen molar-refractivity contribution < 1.29 is 0 Å². The smallest absolute Gasteiger partial charge is 0.00929 e. The minimum absolute atomic E-state index is 0.829. The van der Waals surface area contributed by atoms with E-state index in [2.05, 4.69) is 25.8 Å². The van der Waals surface area contributed by atoms with Crippen molar-refractivity contribution in [3.63, 3.8) is 0 Å². The van der Waals surface area contributed by atoms with Crippen LogP contribution in [0.5, 0.6) is 0 Å². The Balaban J connectivity index is 0.000000461. The summed E-state index contributed by atoms with van der Waals surface area (Å²) in [5, 5.41) is 0. The van der Waals surface area contributed by atoms with E-state index in [0.29, 0.717) is 0 Å². The van der Waals surface area contributed by atoms with E-state index in [9.17, 15) is 0 Å². The summed E-state index contributed by atoms with van der Waals surface area (Å²) in [6, 6.07) is 1.70. The molecule has 0 aromatic rings. The largest absolute Gasteiger partial charge is 0.301 e. The molecular weight excluding hydrogens is 134 g/mol. The molecule has 1 aliphatic heterocycles. The third-order valence-corrected chi connectivity index (χ3v) is 2.66. The van der Waals surface area contributed by atoms with Crippen LogP contribution in [0.4, 0.5) is 0 Å². The van der Waals surface area contributed by atoms with Gasteiger partial charge in [-0.05, 0) is 33.2 Å². The Morgan fingerprint density at radius 2 is 1.82 bits per heavy atom. The van der Waals surface area contributed by atoms with Crippen LogP contribution in [-0.2, 0) is 0 Å². The van der Waals surface area contributed by atoms with Crippen LogP contribution in [0, 0.1) is 0 Å². The summed E-state index contributed by atoms with van der Waals surface area (Å²) in [5.74, 6) is 0. The summed E-state index contributed by atoms with van der Waals surface area (Å²) in [7, 11) is 2.24. The lowest BCUT2D eigenvalue weighted by atomic mass is 10.2. The van der Waals surface area contributed by atoms with Gasteiger partial charge in [0.1, 0.15) is 0 Å². The molecule has 1 heteroatoms. The maximum atomic E-state index is 2.50. The molecule has 0 amide bonds. The van der Waals surface area contributed by atoms with Crippen LogP contribution in [0.2, 0.25) is 0 Å². The SMILES string of the molecule is CC.CCC1CCC(C)N1C. The molecule has 0 saturated carbocycles. The van der Waals surface area contributed by atoms with Gasteiger partial charge in [-0.1, -0.05) is 20.8 Å². The molecule has 2 atom stereocenters. The lowest BCUT2D eigenvalue weighted by Gasteiger charge is -2.21. The number of hydrogen-bond donors (Lipinski definition) is 0. The molecule has 0 radical (unpaired) electrons. The highest BCUT2D eigenvalue weighted by atomic mass is 15.2. The highest BCUT2D eigenvalue weighted by Crippen LogP contribution is 2.23. The van der Waals surface area contributed by atoms with Gasteiger partial charge in [0, 0.05) is 12.1 Å². The van der Waals surface area contributed by atoms with Gasteiger partial charge in [0.2, 0.25) is 0 Å². The first-order valence-corrected chi connectivity index (χ1v) is 4.97. The molecule has 0 aromatic carbocycles. The summed E-state index contributed by atoms with van der Waals surface area (Å²) < 4.78 is 0. The zero-order chi connectivity index (χ0) is 8.85. The second-order valence-electron chi connectivity index (χ2n) is 3.15. The highest BCUT2D eigenvalue weighted by Gasteiger charge is 2.24. The monoisotopic (exact) mass is 157 g/mol. The maximum Gasteiger partial charge on any atom is 0.00929 e. The van der Waals surface area contributed by atoms with Crippen LogP contribution in [0.3, 0.4) is 0 Å². The molecule has 1 aliphatic rings. The van der Waals surface area contributed by atoms with Crippen molar-refractivity contribution in [2.75, 3.05) is 7.05 Å². The molecule has 1 heterocycles. The molecule has 0 spiro atoms. The van der Waals surface area contributed by atoms with Gasteiger partial charge in [-0.2, -0.15) is 0 Å². The van der Waals surface area contributed by atoms with E-state index in [1.807, 2.05) is 13.8 Å². The topological polar surface area (TPSA) is 3.24 Å². The molecule has 1 saturated heterocycles. The van der Waals surface area contributed by atoms with Gasteiger partial charge < -0.3 is 4.90 Å². The molecule has 1 nitrogen and oxygen atoms in total. The zero-order valence-electron chi connectivity index (χ0n) is 8.72. The fraction of sp³-hybridized carbons (Fsp3) is 1.00. The van der Waals surface area contributed by atoms with E-state index in [1.54, 1.807) is 0 Å². The van der Waals surface area contributed by atoms with Gasteiger partial charge in [-0.25, -0.2) is 0 Å². The maximum absolute atomic E-state index is 2.50. The van der Waals surface area contributed by atoms with Gasteiger partial charge >= 0.3 is 0 Å². The Kier molecular flexibility index (Phi) is 5.57. The Bertz CT molecular complexity index is 90.9. The quantitative estimate of drug-likeness (QED) is 0.565. The van der Waals surface area contributed by atoms with Crippen molar-refractivity contribution in [3.05, 3.63) is 0 Å². The fourth-order valence-corrected chi connectivity index (χ4v) is 1.69. The standard InChI is InChI=1S/C8H17N.C2H6/c1-4-8-6-5-7(2)9(8)3;1-2/h7-8H,4-6H2,1-3H3;1-2H3. The number of hydrogen-bond acceptors (Lipinski definition) is 1. The lowest BCUT2D eigenvalue weighted by Crippen LogP contribution is -2.29. The average molecular weight is 157 g/mol. The Morgan fingerprint density at radius 1 is 1.27 bits per heavy atom. The molecule has 11 heavy (non-hydrogen) atoms. The van der Waals surface area contributed by atoms with E-state index in [1.165, 1.54) is 19.3 Å². The van der Waals surface area contributed by atoms with Crippen molar-refractivity contribution in [1.82, 2.24) is 4.90 Å². The predicted molar refractivity (Wildman–Crippen MR) is 51.9 cm³/mol. The molecule has 1 fully saturated rings. The van der Waals surface area contributed by atoms with E-state index < -0.39 is 0 Å². The first-order chi connectivity index (χ1) is 5.25. The van der Waals surface area contributed by atoms with E-state index in [-0.39, 0.29) is 0 Å². The molecule has 0 N–H and O–H groups in total. The molecule has 2 unspecified atom stereocenters. The molecular formula is C10H23N. The van der Waals surface area contributed by atoms with Gasteiger partial charge in [0.25, 0.3) is 0 Å². The van der Waals surface area contributed by atoms with E-state index in [4.69, 9.17) is 0 Å². The molecule has 0 aromatic heterocycles. The second-order valence-corrected chi connectivity index (χ2v) is 3.15. The molecule has 1 rings (SSSR count). The first kappa shape index (κ1) is 11.0. The average Bonchev–Trinajstić information content (AvgIpc) is 2.37. The summed E-state index contributed by atoms with van der Waals surface area (Å²) in [6.07, 6.45) is 4.13. The molecule has 0 bridgehead atoms. The second kappa shape index (κ2) is 5.59. The van der Waals surface area contributed by atoms with Crippen LogP contribution in [0.1, 0.15) is 47.0 Å². The number of likely N-dealkylation sites (tertiary alicyclic amines) is 1. The van der Waals surface area contributed by atoms with Crippen molar-refractivity contribution in [1.29, 1.82) is 0 Å². The normalized spacial score (nSPS) is 31.4. The first-order valence-electron chi connectivity index (χ1n) is 4.97. The zero-order valence-corrected chi connectivity index (χ0v) is 8.72.